The Balaban J connectivity index is 2.20. The maximum Gasteiger partial charge on any atom is 0.327 e. The van der Waals surface area contributed by atoms with Gasteiger partial charge in [-0.05, 0) is 6.42 Å². The minimum Gasteiger partial charge on any atom is -0.478 e. The Kier molecular flexibility index (Phi) is 2.18. The van der Waals surface area contributed by atoms with Crippen LogP contribution in [0.2, 0.25) is 0 Å². The van der Waals surface area contributed by atoms with Crippen molar-refractivity contribution in [3.63, 3.8) is 0 Å². The SMILES string of the molecule is O=C(O)/C=C/CC1CC1(F)Cl. The highest BCUT2D eigenvalue weighted by atomic mass is 35.5. The topological polar surface area (TPSA) is 37.3 Å². The summed E-state index contributed by atoms with van der Waals surface area (Å²) in [4.78, 5) is 9.95. The molecule has 0 aliphatic heterocycles. The minimum atomic E-state index is -1.57. The fourth-order valence-electron chi connectivity index (χ4n) is 0.858. The quantitative estimate of drug-likeness (QED) is 0.530. The van der Waals surface area contributed by atoms with Gasteiger partial charge >= 0.3 is 5.97 Å². The number of rotatable bonds is 3. The van der Waals surface area contributed by atoms with E-state index in [1.54, 1.807) is 0 Å². The Morgan fingerprint density at radius 3 is 2.82 bits per heavy atom. The molecule has 0 amide bonds. The van der Waals surface area contributed by atoms with Crippen LogP contribution in [0.15, 0.2) is 12.2 Å². The molecule has 0 aromatic rings. The molecule has 0 heterocycles. The molecule has 2 atom stereocenters. The van der Waals surface area contributed by atoms with Gasteiger partial charge in [-0.1, -0.05) is 17.7 Å². The zero-order valence-corrected chi connectivity index (χ0v) is 6.51. The van der Waals surface area contributed by atoms with Crippen molar-refractivity contribution in [2.75, 3.05) is 0 Å². The van der Waals surface area contributed by atoms with Crippen LogP contribution < -0.4 is 0 Å². The summed E-state index contributed by atoms with van der Waals surface area (Å²) in [5.41, 5.74) is 0. The first-order valence-corrected chi connectivity index (χ1v) is 3.67. The molecule has 1 aliphatic carbocycles. The first-order valence-electron chi connectivity index (χ1n) is 3.29. The van der Waals surface area contributed by atoms with Gasteiger partial charge in [0.25, 0.3) is 0 Å². The zero-order chi connectivity index (χ0) is 8.48. The Labute approximate surface area is 68.7 Å². The summed E-state index contributed by atoms with van der Waals surface area (Å²) in [6, 6.07) is 0. The van der Waals surface area contributed by atoms with Gasteiger partial charge in [0.2, 0.25) is 0 Å². The number of carbonyl (C=O) groups is 1. The molecule has 62 valence electrons. The summed E-state index contributed by atoms with van der Waals surface area (Å²) in [5.74, 6) is -1.20. The summed E-state index contributed by atoms with van der Waals surface area (Å²) >= 11 is 5.27. The summed E-state index contributed by atoms with van der Waals surface area (Å²) < 4.78 is 12.6. The molecule has 1 rings (SSSR count). The largest absolute Gasteiger partial charge is 0.478 e. The Morgan fingerprint density at radius 1 is 1.91 bits per heavy atom. The molecule has 1 aliphatic rings. The fourth-order valence-corrected chi connectivity index (χ4v) is 1.13. The van der Waals surface area contributed by atoms with E-state index in [9.17, 15) is 9.18 Å². The van der Waals surface area contributed by atoms with Crippen LogP contribution in [0.1, 0.15) is 12.8 Å². The molecule has 0 radical (unpaired) electrons. The van der Waals surface area contributed by atoms with Crippen molar-refractivity contribution in [3.8, 4) is 0 Å². The first kappa shape index (κ1) is 8.53. The molecule has 0 aromatic carbocycles. The van der Waals surface area contributed by atoms with Crippen LogP contribution in [0, 0.1) is 5.92 Å². The number of allylic oxidation sites excluding steroid dienone is 1. The van der Waals surface area contributed by atoms with E-state index in [4.69, 9.17) is 16.7 Å². The predicted octanol–water partition coefficient (Wildman–Crippen LogP) is 1.94. The molecule has 1 saturated carbocycles. The molecule has 0 aromatic heterocycles. The van der Waals surface area contributed by atoms with Crippen LogP contribution in [0.3, 0.4) is 0 Å². The smallest absolute Gasteiger partial charge is 0.327 e. The molecule has 2 unspecified atom stereocenters. The van der Waals surface area contributed by atoms with E-state index in [1.807, 2.05) is 0 Å². The van der Waals surface area contributed by atoms with E-state index in [1.165, 1.54) is 6.08 Å². The number of halogens is 2. The third kappa shape index (κ3) is 2.50. The molecule has 4 heteroatoms. The van der Waals surface area contributed by atoms with E-state index in [-0.39, 0.29) is 5.92 Å². The van der Waals surface area contributed by atoms with E-state index in [0.29, 0.717) is 12.8 Å². The maximum absolute atomic E-state index is 12.6. The molecule has 2 nitrogen and oxygen atoms in total. The summed E-state index contributed by atoms with van der Waals surface area (Å²) in [6.07, 6.45) is 3.17. The van der Waals surface area contributed by atoms with E-state index in [2.05, 4.69) is 0 Å². The molecule has 0 spiro atoms. The van der Waals surface area contributed by atoms with Crippen LogP contribution in [0.4, 0.5) is 4.39 Å². The minimum absolute atomic E-state index is 0.195. The average molecular weight is 179 g/mol. The van der Waals surface area contributed by atoms with Gasteiger partial charge in [0.05, 0.1) is 0 Å². The highest BCUT2D eigenvalue weighted by molar-refractivity contribution is 6.25. The molecular formula is C7H8ClFO2. The predicted molar refractivity (Wildman–Crippen MR) is 39.2 cm³/mol. The van der Waals surface area contributed by atoms with Crippen LogP contribution in [0.5, 0.6) is 0 Å². The number of carboxylic acids is 1. The molecule has 1 N–H and O–H groups in total. The summed E-state index contributed by atoms with van der Waals surface area (Å²) in [6.45, 7) is 0. The van der Waals surface area contributed by atoms with Crippen molar-refractivity contribution in [2.45, 2.75) is 18.0 Å². The summed E-state index contributed by atoms with van der Waals surface area (Å²) in [7, 11) is 0. The average Bonchev–Trinajstić information content (AvgIpc) is 2.39. The van der Waals surface area contributed by atoms with Crippen molar-refractivity contribution < 1.29 is 14.3 Å². The van der Waals surface area contributed by atoms with Crippen molar-refractivity contribution in [1.82, 2.24) is 0 Å². The second-order valence-electron chi connectivity index (χ2n) is 2.64. The molecule has 0 saturated heterocycles. The summed E-state index contributed by atoms with van der Waals surface area (Å²) in [5, 5.41) is 6.60. The van der Waals surface area contributed by atoms with Crippen molar-refractivity contribution in [2.24, 2.45) is 5.92 Å². The lowest BCUT2D eigenvalue weighted by Crippen LogP contribution is -1.91. The van der Waals surface area contributed by atoms with Gasteiger partial charge in [0, 0.05) is 18.4 Å². The molecule has 1 fully saturated rings. The number of hydrogen-bond donors (Lipinski definition) is 1. The van der Waals surface area contributed by atoms with Crippen molar-refractivity contribution >= 4 is 17.6 Å². The highest BCUT2D eigenvalue weighted by Crippen LogP contribution is 2.52. The third-order valence-corrected chi connectivity index (χ3v) is 2.10. The van der Waals surface area contributed by atoms with Crippen LogP contribution in [-0.2, 0) is 4.79 Å². The standard InChI is InChI=1S/C7H8ClFO2/c8-7(9)4-5(7)2-1-3-6(10)11/h1,3,5H,2,4H2,(H,10,11)/b3-1+. The first-order chi connectivity index (χ1) is 5.02. The van der Waals surface area contributed by atoms with Gasteiger partial charge in [-0.2, -0.15) is 0 Å². The van der Waals surface area contributed by atoms with Crippen molar-refractivity contribution in [1.29, 1.82) is 0 Å². The van der Waals surface area contributed by atoms with Gasteiger partial charge in [-0.25, -0.2) is 9.18 Å². The lowest BCUT2D eigenvalue weighted by atomic mass is 10.3. The monoisotopic (exact) mass is 178 g/mol. The fraction of sp³-hybridized carbons (Fsp3) is 0.571. The van der Waals surface area contributed by atoms with Gasteiger partial charge in [-0.15, -0.1) is 0 Å². The van der Waals surface area contributed by atoms with Crippen molar-refractivity contribution in [3.05, 3.63) is 12.2 Å². The Hall–Kier alpha value is -0.570. The number of hydrogen-bond acceptors (Lipinski definition) is 1. The lowest BCUT2D eigenvalue weighted by molar-refractivity contribution is -0.131. The second-order valence-corrected chi connectivity index (χ2v) is 3.27. The van der Waals surface area contributed by atoms with Crippen LogP contribution >= 0.6 is 11.6 Å². The van der Waals surface area contributed by atoms with Gasteiger partial charge < -0.3 is 5.11 Å². The molecular weight excluding hydrogens is 171 g/mol. The Bertz CT molecular complexity index is 201. The van der Waals surface area contributed by atoms with Crippen LogP contribution in [0.25, 0.3) is 0 Å². The molecule has 11 heavy (non-hydrogen) atoms. The second kappa shape index (κ2) is 2.81. The van der Waals surface area contributed by atoms with E-state index in [0.717, 1.165) is 6.08 Å². The van der Waals surface area contributed by atoms with Gasteiger partial charge in [0.1, 0.15) is 0 Å². The van der Waals surface area contributed by atoms with Crippen LogP contribution in [-0.4, -0.2) is 16.2 Å². The van der Waals surface area contributed by atoms with E-state index < -0.39 is 11.1 Å². The van der Waals surface area contributed by atoms with Gasteiger partial charge in [0.15, 0.2) is 5.13 Å². The maximum atomic E-state index is 12.6. The van der Waals surface area contributed by atoms with Gasteiger partial charge in [-0.3, -0.25) is 0 Å². The number of carboxylic acid groups (broad SMARTS) is 1. The number of aliphatic carboxylic acids is 1. The number of alkyl halides is 2. The Morgan fingerprint density at radius 2 is 2.45 bits per heavy atom. The zero-order valence-electron chi connectivity index (χ0n) is 5.76. The highest BCUT2D eigenvalue weighted by Gasteiger charge is 2.52. The normalized spacial score (nSPS) is 36.0. The molecule has 0 bridgehead atoms. The third-order valence-electron chi connectivity index (χ3n) is 1.64. The van der Waals surface area contributed by atoms with E-state index >= 15 is 0 Å². The lowest BCUT2D eigenvalue weighted by Gasteiger charge is -1.91.